The van der Waals surface area contributed by atoms with E-state index in [0.717, 1.165) is 4.47 Å². The van der Waals surface area contributed by atoms with E-state index in [-0.39, 0.29) is 5.56 Å². The summed E-state index contributed by atoms with van der Waals surface area (Å²) in [6.45, 7) is 1.61. The van der Waals surface area contributed by atoms with Gasteiger partial charge < -0.3 is 5.32 Å². The van der Waals surface area contributed by atoms with Crippen LogP contribution < -0.4 is 5.32 Å². The van der Waals surface area contributed by atoms with E-state index in [1.54, 1.807) is 37.3 Å². The monoisotopic (exact) mass is 341 g/mol. The molecule has 0 saturated heterocycles. The van der Waals surface area contributed by atoms with Crippen LogP contribution in [0.25, 0.3) is 0 Å². The highest BCUT2D eigenvalue weighted by Crippen LogP contribution is 2.26. The molecular weight excluding hydrogens is 333 g/mol. The molecule has 0 aliphatic carbocycles. The van der Waals surface area contributed by atoms with E-state index in [2.05, 4.69) is 21.2 Å². The lowest BCUT2D eigenvalue weighted by molar-refractivity contribution is 0.102. The van der Waals surface area contributed by atoms with Crippen LogP contribution in [0.1, 0.15) is 15.9 Å². The van der Waals surface area contributed by atoms with Gasteiger partial charge in [-0.05, 0) is 36.8 Å². The molecule has 0 radical (unpaired) electrons. The van der Waals surface area contributed by atoms with Crippen molar-refractivity contribution in [2.45, 2.75) is 6.92 Å². The standard InChI is InChI=1S/C14H10BrClFNO/c1-8-3-2-4-10(13(8)17)14(19)18-12-6-5-9(15)7-11(12)16/h2-7H,1H3,(H,18,19). The molecule has 98 valence electrons. The van der Waals surface area contributed by atoms with Crippen LogP contribution in [0.5, 0.6) is 0 Å². The van der Waals surface area contributed by atoms with E-state index in [9.17, 15) is 9.18 Å². The molecule has 0 unspecified atom stereocenters. The summed E-state index contributed by atoms with van der Waals surface area (Å²) < 4.78 is 14.6. The molecule has 0 atom stereocenters. The summed E-state index contributed by atoms with van der Waals surface area (Å²) in [5.41, 5.74) is 0.865. The molecule has 2 nitrogen and oxygen atoms in total. The second kappa shape index (κ2) is 5.72. The Bertz CT molecular complexity index is 645. The Morgan fingerprint density at radius 1 is 1.32 bits per heavy atom. The van der Waals surface area contributed by atoms with Crippen LogP contribution in [0.3, 0.4) is 0 Å². The fraction of sp³-hybridized carbons (Fsp3) is 0.0714. The first-order chi connectivity index (χ1) is 8.99. The average Bonchev–Trinajstić information content (AvgIpc) is 2.36. The lowest BCUT2D eigenvalue weighted by Crippen LogP contribution is -2.14. The number of aryl methyl sites for hydroxylation is 1. The van der Waals surface area contributed by atoms with Crippen molar-refractivity contribution >= 4 is 39.1 Å². The van der Waals surface area contributed by atoms with Crippen molar-refractivity contribution in [1.29, 1.82) is 0 Å². The Balaban J connectivity index is 2.28. The van der Waals surface area contributed by atoms with Crippen LogP contribution >= 0.6 is 27.5 Å². The maximum absolute atomic E-state index is 13.8. The molecule has 1 amide bonds. The molecule has 2 aromatic carbocycles. The molecule has 0 aliphatic rings. The Kier molecular flexibility index (Phi) is 4.22. The third-order valence-corrected chi connectivity index (χ3v) is 3.42. The number of hydrogen-bond donors (Lipinski definition) is 1. The summed E-state index contributed by atoms with van der Waals surface area (Å²) >= 11 is 9.27. The van der Waals surface area contributed by atoms with Gasteiger partial charge >= 0.3 is 0 Å². The number of halogens is 3. The van der Waals surface area contributed by atoms with Gasteiger partial charge in [0.05, 0.1) is 16.3 Å². The third-order valence-electron chi connectivity index (χ3n) is 2.62. The minimum Gasteiger partial charge on any atom is -0.321 e. The number of benzene rings is 2. The average molecular weight is 343 g/mol. The second-order valence-corrected chi connectivity index (χ2v) is 5.34. The zero-order valence-corrected chi connectivity index (χ0v) is 12.3. The van der Waals surface area contributed by atoms with Crippen molar-refractivity contribution in [2.75, 3.05) is 5.32 Å². The van der Waals surface area contributed by atoms with Crippen molar-refractivity contribution in [2.24, 2.45) is 0 Å². The maximum Gasteiger partial charge on any atom is 0.258 e. The Morgan fingerprint density at radius 2 is 2.05 bits per heavy atom. The lowest BCUT2D eigenvalue weighted by Gasteiger charge is -2.09. The molecule has 0 spiro atoms. The first kappa shape index (κ1) is 14.0. The van der Waals surface area contributed by atoms with Crippen LogP contribution in [-0.2, 0) is 0 Å². The fourth-order valence-corrected chi connectivity index (χ4v) is 2.32. The predicted molar refractivity (Wildman–Crippen MR) is 78.2 cm³/mol. The minimum absolute atomic E-state index is 0.000939. The summed E-state index contributed by atoms with van der Waals surface area (Å²) in [5, 5.41) is 2.98. The van der Waals surface area contributed by atoms with Crippen LogP contribution in [0.4, 0.5) is 10.1 Å². The van der Waals surface area contributed by atoms with Gasteiger partial charge in [-0.25, -0.2) is 4.39 Å². The molecule has 2 rings (SSSR count). The highest BCUT2D eigenvalue weighted by Gasteiger charge is 2.14. The van der Waals surface area contributed by atoms with Gasteiger partial charge in [0.1, 0.15) is 5.82 Å². The van der Waals surface area contributed by atoms with Crippen molar-refractivity contribution in [3.05, 3.63) is 62.8 Å². The van der Waals surface area contributed by atoms with Crippen molar-refractivity contribution in [1.82, 2.24) is 0 Å². The summed E-state index contributed by atoms with van der Waals surface area (Å²) in [5.74, 6) is -1.04. The number of nitrogens with one attached hydrogen (secondary N) is 1. The molecule has 0 aliphatic heterocycles. The largest absolute Gasteiger partial charge is 0.321 e. The van der Waals surface area contributed by atoms with Gasteiger partial charge in [-0.1, -0.05) is 39.7 Å². The van der Waals surface area contributed by atoms with Gasteiger partial charge in [-0.3, -0.25) is 4.79 Å². The van der Waals surface area contributed by atoms with E-state index in [0.29, 0.717) is 16.3 Å². The fourth-order valence-electron chi connectivity index (χ4n) is 1.60. The first-order valence-corrected chi connectivity index (χ1v) is 6.67. The molecule has 1 N–H and O–H groups in total. The smallest absolute Gasteiger partial charge is 0.258 e. The van der Waals surface area contributed by atoms with Crippen LogP contribution in [-0.4, -0.2) is 5.91 Å². The molecule has 0 fully saturated rings. The lowest BCUT2D eigenvalue weighted by atomic mass is 10.1. The van der Waals surface area contributed by atoms with E-state index >= 15 is 0 Å². The highest BCUT2D eigenvalue weighted by molar-refractivity contribution is 9.10. The molecule has 5 heteroatoms. The van der Waals surface area contributed by atoms with Crippen LogP contribution in [0, 0.1) is 12.7 Å². The molecule has 2 aromatic rings. The number of amides is 1. The zero-order valence-electron chi connectivity index (χ0n) is 10.0. The van der Waals surface area contributed by atoms with Gasteiger partial charge in [0.25, 0.3) is 5.91 Å². The quantitative estimate of drug-likeness (QED) is 0.834. The van der Waals surface area contributed by atoms with Gasteiger partial charge in [-0.2, -0.15) is 0 Å². The topological polar surface area (TPSA) is 29.1 Å². The zero-order chi connectivity index (χ0) is 14.0. The third kappa shape index (κ3) is 3.14. The molecule has 19 heavy (non-hydrogen) atoms. The summed E-state index contributed by atoms with van der Waals surface area (Å²) in [6, 6.07) is 9.73. The number of hydrogen-bond acceptors (Lipinski definition) is 1. The second-order valence-electron chi connectivity index (χ2n) is 4.01. The summed E-state index contributed by atoms with van der Waals surface area (Å²) in [4.78, 5) is 12.0. The van der Waals surface area contributed by atoms with Crippen LogP contribution in [0.2, 0.25) is 5.02 Å². The van der Waals surface area contributed by atoms with Crippen LogP contribution in [0.15, 0.2) is 40.9 Å². The number of rotatable bonds is 2. The first-order valence-electron chi connectivity index (χ1n) is 5.50. The molecule has 0 bridgehead atoms. The molecular formula is C14H10BrClFNO. The molecule has 0 aromatic heterocycles. The van der Waals surface area contributed by atoms with Crippen molar-refractivity contribution in [3.63, 3.8) is 0 Å². The van der Waals surface area contributed by atoms with Gasteiger partial charge in [0.15, 0.2) is 0 Å². The predicted octanol–water partition coefficient (Wildman–Crippen LogP) is 4.80. The van der Waals surface area contributed by atoms with E-state index < -0.39 is 11.7 Å². The highest BCUT2D eigenvalue weighted by atomic mass is 79.9. The number of anilines is 1. The molecule has 0 saturated carbocycles. The molecule has 0 heterocycles. The van der Waals surface area contributed by atoms with E-state index in [4.69, 9.17) is 11.6 Å². The Hall–Kier alpha value is -1.39. The Labute approximate surface area is 123 Å². The summed E-state index contributed by atoms with van der Waals surface area (Å²) in [6.07, 6.45) is 0. The van der Waals surface area contributed by atoms with E-state index in [1.165, 1.54) is 6.07 Å². The van der Waals surface area contributed by atoms with E-state index in [1.807, 2.05) is 0 Å². The normalized spacial score (nSPS) is 10.3. The van der Waals surface area contributed by atoms with Gasteiger partial charge in [0, 0.05) is 4.47 Å². The minimum atomic E-state index is -0.523. The number of carbonyl (C=O) groups excluding carboxylic acids is 1. The summed E-state index contributed by atoms with van der Waals surface area (Å²) in [7, 11) is 0. The number of carbonyl (C=O) groups is 1. The van der Waals surface area contributed by atoms with Crippen molar-refractivity contribution in [3.8, 4) is 0 Å². The van der Waals surface area contributed by atoms with Gasteiger partial charge in [-0.15, -0.1) is 0 Å². The van der Waals surface area contributed by atoms with Crippen molar-refractivity contribution < 1.29 is 9.18 Å². The SMILES string of the molecule is Cc1cccc(C(=O)Nc2ccc(Br)cc2Cl)c1F. The van der Waals surface area contributed by atoms with Gasteiger partial charge in [0.2, 0.25) is 0 Å². The Morgan fingerprint density at radius 3 is 2.74 bits per heavy atom. The maximum atomic E-state index is 13.8.